The maximum absolute atomic E-state index is 10.8. The minimum Gasteiger partial charge on any atom is -0.495 e. The average Bonchev–Trinajstić information content (AvgIpc) is 2.87. The molecule has 2 rings (SSSR count). The van der Waals surface area contributed by atoms with Crippen LogP contribution in [0.1, 0.15) is 10.6 Å². The summed E-state index contributed by atoms with van der Waals surface area (Å²) in [6, 6.07) is 6.97. The molecule has 2 aromatic rings. The van der Waals surface area contributed by atoms with Gasteiger partial charge >= 0.3 is 5.97 Å². The van der Waals surface area contributed by atoms with Gasteiger partial charge in [-0.15, -0.1) is 11.8 Å². The Morgan fingerprint density at radius 3 is 2.83 bits per heavy atom. The molecule has 1 aromatic heterocycles. The summed E-state index contributed by atoms with van der Waals surface area (Å²) in [5.74, 6) is -0.675. The second-order valence-corrected chi connectivity index (χ2v) is 4.27. The Kier molecular flexibility index (Phi) is 3.57. The molecule has 0 aliphatic carbocycles. The Morgan fingerprint density at radius 1 is 1.50 bits per heavy atom. The first kappa shape index (κ1) is 12.5. The van der Waals surface area contributed by atoms with Crippen molar-refractivity contribution in [2.75, 3.05) is 13.4 Å². The van der Waals surface area contributed by atoms with E-state index >= 15 is 0 Å². The highest BCUT2D eigenvalue weighted by atomic mass is 32.2. The van der Waals surface area contributed by atoms with E-state index in [0.29, 0.717) is 17.0 Å². The topological polar surface area (TPSA) is 72.6 Å². The maximum atomic E-state index is 10.8. The number of ether oxygens (including phenoxy) is 1. The molecule has 0 bridgehead atoms. The first-order valence-electron chi connectivity index (χ1n) is 5.08. The van der Waals surface area contributed by atoms with Gasteiger partial charge in [0.15, 0.2) is 0 Å². The summed E-state index contributed by atoms with van der Waals surface area (Å²) in [6.07, 6.45) is 1.94. The van der Waals surface area contributed by atoms with Crippen LogP contribution >= 0.6 is 11.8 Å². The molecule has 1 heterocycles. The molecule has 0 aliphatic heterocycles. The molecule has 5 nitrogen and oxygen atoms in total. The smallest absolute Gasteiger partial charge is 0.374 e. The number of para-hydroxylation sites is 1. The van der Waals surface area contributed by atoms with Crippen LogP contribution in [-0.2, 0) is 0 Å². The van der Waals surface area contributed by atoms with Gasteiger partial charge in [0.25, 0.3) is 0 Å². The number of hydrogen-bond acceptors (Lipinski definition) is 5. The second-order valence-electron chi connectivity index (χ2n) is 3.42. The molecule has 0 unspecified atom stereocenters. The van der Waals surface area contributed by atoms with Gasteiger partial charge in [0.1, 0.15) is 11.4 Å². The van der Waals surface area contributed by atoms with Gasteiger partial charge in [0.2, 0.25) is 5.76 Å². The number of carboxylic acids is 1. The SMILES string of the molecule is COc1c(SC)cccc1-c1cc(C(=O)O)on1. The molecule has 18 heavy (non-hydrogen) atoms. The number of methoxy groups -OCH3 is 1. The second kappa shape index (κ2) is 5.14. The van der Waals surface area contributed by atoms with Gasteiger partial charge in [-0.3, -0.25) is 0 Å². The first-order chi connectivity index (χ1) is 8.67. The lowest BCUT2D eigenvalue weighted by Gasteiger charge is -2.09. The zero-order valence-electron chi connectivity index (χ0n) is 9.84. The molecule has 0 spiro atoms. The molecule has 0 saturated heterocycles. The largest absolute Gasteiger partial charge is 0.495 e. The number of carboxylic acid groups (broad SMARTS) is 1. The van der Waals surface area contributed by atoms with Crippen LogP contribution < -0.4 is 4.74 Å². The number of thioether (sulfide) groups is 1. The predicted molar refractivity (Wildman–Crippen MR) is 67.2 cm³/mol. The quantitative estimate of drug-likeness (QED) is 0.857. The van der Waals surface area contributed by atoms with Crippen molar-refractivity contribution in [2.45, 2.75) is 4.90 Å². The number of aromatic carboxylic acids is 1. The number of hydrogen-bond donors (Lipinski definition) is 1. The highest BCUT2D eigenvalue weighted by molar-refractivity contribution is 7.98. The highest BCUT2D eigenvalue weighted by Crippen LogP contribution is 2.37. The van der Waals surface area contributed by atoms with Gasteiger partial charge in [-0.1, -0.05) is 11.2 Å². The van der Waals surface area contributed by atoms with Gasteiger partial charge < -0.3 is 14.4 Å². The van der Waals surface area contributed by atoms with E-state index in [1.54, 1.807) is 18.9 Å². The van der Waals surface area contributed by atoms with Crippen molar-refractivity contribution in [2.24, 2.45) is 0 Å². The number of aromatic nitrogens is 1. The summed E-state index contributed by atoms with van der Waals surface area (Å²) >= 11 is 1.54. The van der Waals surface area contributed by atoms with Crippen LogP contribution in [0.5, 0.6) is 5.75 Å². The van der Waals surface area contributed by atoms with E-state index in [1.807, 2.05) is 24.5 Å². The predicted octanol–water partition coefficient (Wildman–Crippen LogP) is 2.77. The van der Waals surface area contributed by atoms with Crippen LogP contribution in [0.2, 0.25) is 0 Å². The van der Waals surface area contributed by atoms with Crippen LogP contribution in [0, 0.1) is 0 Å². The molecule has 0 atom stereocenters. The van der Waals surface area contributed by atoms with Crippen molar-refractivity contribution >= 4 is 17.7 Å². The van der Waals surface area contributed by atoms with E-state index in [-0.39, 0.29) is 5.76 Å². The third kappa shape index (κ3) is 2.19. The molecule has 1 N–H and O–H groups in total. The van der Waals surface area contributed by atoms with Crippen LogP contribution in [-0.4, -0.2) is 29.6 Å². The summed E-state index contributed by atoms with van der Waals surface area (Å²) in [4.78, 5) is 11.7. The zero-order chi connectivity index (χ0) is 13.1. The Balaban J connectivity index is 2.52. The van der Waals surface area contributed by atoms with Crippen molar-refractivity contribution in [1.82, 2.24) is 5.16 Å². The molecule has 0 aliphatic rings. The fourth-order valence-electron chi connectivity index (χ4n) is 1.59. The van der Waals surface area contributed by atoms with Gasteiger partial charge in [-0.25, -0.2) is 4.79 Å². The number of carbonyl (C=O) groups is 1. The normalized spacial score (nSPS) is 10.3. The van der Waals surface area contributed by atoms with Crippen LogP contribution in [0.3, 0.4) is 0 Å². The number of rotatable bonds is 4. The molecule has 0 radical (unpaired) electrons. The molecule has 0 fully saturated rings. The lowest BCUT2D eigenvalue weighted by molar-refractivity contribution is 0.0652. The minimum atomic E-state index is -1.14. The third-order valence-corrected chi connectivity index (χ3v) is 3.16. The maximum Gasteiger partial charge on any atom is 0.374 e. The summed E-state index contributed by atoms with van der Waals surface area (Å²) in [7, 11) is 1.57. The lowest BCUT2D eigenvalue weighted by atomic mass is 10.1. The summed E-state index contributed by atoms with van der Waals surface area (Å²) in [5, 5.41) is 12.5. The van der Waals surface area contributed by atoms with Crippen molar-refractivity contribution in [3.05, 3.63) is 30.0 Å². The fraction of sp³-hybridized carbons (Fsp3) is 0.167. The van der Waals surface area contributed by atoms with Crippen molar-refractivity contribution in [3.8, 4) is 17.0 Å². The van der Waals surface area contributed by atoms with E-state index in [1.165, 1.54) is 6.07 Å². The summed E-state index contributed by atoms with van der Waals surface area (Å²) < 4.78 is 10.1. The standard InChI is InChI=1S/C12H11NO4S/c1-16-11-7(4-3-5-10(11)18-2)8-6-9(12(14)15)17-13-8/h3-6H,1-2H3,(H,14,15). The van der Waals surface area contributed by atoms with Crippen LogP contribution in [0.15, 0.2) is 33.7 Å². The Morgan fingerprint density at radius 2 is 2.28 bits per heavy atom. The summed E-state index contributed by atoms with van der Waals surface area (Å²) in [6.45, 7) is 0. The molecule has 94 valence electrons. The molecule has 0 saturated carbocycles. The van der Waals surface area contributed by atoms with Gasteiger partial charge in [-0.05, 0) is 18.4 Å². The Hall–Kier alpha value is -1.95. The molecular formula is C12H11NO4S. The van der Waals surface area contributed by atoms with E-state index in [9.17, 15) is 4.79 Å². The van der Waals surface area contributed by atoms with Crippen molar-refractivity contribution in [3.63, 3.8) is 0 Å². The Labute approximate surface area is 108 Å². The number of benzene rings is 1. The minimum absolute atomic E-state index is 0.193. The molecule has 1 aromatic carbocycles. The van der Waals surface area contributed by atoms with Crippen molar-refractivity contribution in [1.29, 1.82) is 0 Å². The van der Waals surface area contributed by atoms with Gasteiger partial charge in [0.05, 0.1) is 7.11 Å². The van der Waals surface area contributed by atoms with Crippen molar-refractivity contribution < 1.29 is 19.2 Å². The fourth-order valence-corrected chi connectivity index (χ4v) is 2.19. The Bertz CT molecular complexity index is 579. The summed E-state index contributed by atoms with van der Waals surface area (Å²) in [5.41, 5.74) is 1.15. The third-order valence-electron chi connectivity index (χ3n) is 2.40. The molecule has 6 heteroatoms. The highest BCUT2D eigenvalue weighted by Gasteiger charge is 2.17. The zero-order valence-corrected chi connectivity index (χ0v) is 10.7. The van der Waals surface area contributed by atoms with E-state index in [2.05, 4.69) is 5.16 Å². The molecule has 0 amide bonds. The van der Waals surface area contributed by atoms with E-state index in [0.717, 1.165) is 4.90 Å². The van der Waals surface area contributed by atoms with Gasteiger partial charge in [0, 0.05) is 16.5 Å². The lowest BCUT2D eigenvalue weighted by Crippen LogP contribution is -1.92. The van der Waals surface area contributed by atoms with Crippen LogP contribution in [0.4, 0.5) is 0 Å². The average molecular weight is 265 g/mol. The van der Waals surface area contributed by atoms with E-state index in [4.69, 9.17) is 14.4 Å². The monoisotopic (exact) mass is 265 g/mol. The van der Waals surface area contributed by atoms with E-state index < -0.39 is 5.97 Å². The molecular weight excluding hydrogens is 254 g/mol. The number of nitrogens with zero attached hydrogens (tertiary/aromatic N) is 1. The van der Waals surface area contributed by atoms with Gasteiger partial charge in [-0.2, -0.15) is 0 Å². The first-order valence-corrected chi connectivity index (χ1v) is 6.31. The van der Waals surface area contributed by atoms with Crippen LogP contribution in [0.25, 0.3) is 11.3 Å².